The molecule has 0 saturated carbocycles. The molecule has 0 bridgehead atoms. The number of hydrogen-bond donors (Lipinski definition) is 0. The van der Waals surface area contributed by atoms with E-state index in [1.807, 2.05) is 23.1 Å². The quantitative estimate of drug-likeness (QED) is 0.150. The van der Waals surface area contributed by atoms with Crippen molar-refractivity contribution < 1.29 is 14.0 Å². The molecule has 4 rings (SSSR count). The Bertz CT molecular complexity index is 1360. The molecule has 0 fully saturated rings. The number of thiazole rings is 1. The third-order valence-electron chi connectivity index (χ3n) is 6.08. The highest BCUT2D eigenvalue weighted by Gasteiger charge is 2.26. The van der Waals surface area contributed by atoms with Gasteiger partial charge in [0, 0.05) is 23.6 Å². The normalized spacial score (nSPS) is 14.9. The van der Waals surface area contributed by atoms with Crippen LogP contribution in [0.4, 0.5) is 5.69 Å². The molecule has 0 aliphatic carbocycles. The first-order chi connectivity index (χ1) is 17.5. The summed E-state index contributed by atoms with van der Waals surface area (Å²) in [4.78, 5) is 5.98. The zero-order valence-electron chi connectivity index (χ0n) is 21.9. The third kappa shape index (κ3) is 5.32. The van der Waals surface area contributed by atoms with Crippen molar-refractivity contribution in [3.05, 3.63) is 58.1 Å². The van der Waals surface area contributed by atoms with Crippen LogP contribution in [0.3, 0.4) is 0 Å². The highest BCUT2D eigenvalue weighted by molar-refractivity contribution is 8.03. The van der Waals surface area contributed by atoms with E-state index in [9.17, 15) is 0 Å². The number of thioether (sulfide) groups is 3. The van der Waals surface area contributed by atoms with E-state index in [-0.39, 0.29) is 0 Å². The number of fused-ring (bicyclic) bond motifs is 2. The Hall–Kier alpha value is -2.00. The van der Waals surface area contributed by atoms with Crippen LogP contribution >= 0.6 is 46.6 Å². The number of aromatic nitrogens is 1. The predicted octanol–water partition coefficient (Wildman–Crippen LogP) is 8.10. The Balaban J connectivity index is 1.60. The van der Waals surface area contributed by atoms with Gasteiger partial charge in [0.25, 0.3) is 5.01 Å². The molecule has 2 heterocycles. The van der Waals surface area contributed by atoms with Crippen molar-refractivity contribution in [3.63, 3.8) is 0 Å². The minimum absolute atomic E-state index is 0.913. The van der Waals surface area contributed by atoms with Gasteiger partial charge in [-0.25, -0.2) is 0 Å². The van der Waals surface area contributed by atoms with Gasteiger partial charge in [-0.05, 0) is 51.5 Å². The van der Waals surface area contributed by atoms with Gasteiger partial charge >= 0.3 is 0 Å². The van der Waals surface area contributed by atoms with Crippen LogP contribution in [0, 0.1) is 0 Å². The van der Waals surface area contributed by atoms with Crippen LogP contribution in [0.15, 0.2) is 67.8 Å². The molecular formula is C28H33N2O2S4+. The number of benzene rings is 2. The highest BCUT2D eigenvalue weighted by atomic mass is 32.2. The van der Waals surface area contributed by atoms with Gasteiger partial charge in [0.15, 0.2) is 0 Å². The second-order valence-corrected chi connectivity index (χ2v) is 12.0. The molecule has 0 spiro atoms. The molecule has 0 atom stereocenters. The lowest BCUT2D eigenvalue weighted by atomic mass is 10.2. The van der Waals surface area contributed by atoms with Crippen molar-refractivity contribution >= 4 is 68.6 Å². The van der Waals surface area contributed by atoms with Gasteiger partial charge in [0.1, 0.15) is 22.7 Å². The number of nitrogens with zero attached hydrogens (tertiary/aromatic N) is 2. The first kappa shape index (κ1) is 27.0. The summed E-state index contributed by atoms with van der Waals surface area (Å²) >= 11 is 7.09. The first-order valence-corrected chi connectivity index (χ1v) is 15.9. The Morgan fingerprint density at radius 3 is 2.36 bits per heavy atom. The molecular weight excluding hydrogens is 525 g/mol. The molecule has 0 unspecified atom stereocenters. The van der Waals surface area contributed by atoms with Gasteiger partial charge in [-0.1, -0.05) is 40.8 Å². The van der Waals surface area contributed by atoms with Crippen LogP contribution in [-0.2, 0) is 6.54 Å². The smallest absolute Gasteiger partial charge is 0.262 e. The zero-order chi connectivity index (χ0) is 25.8. The summed E-state index contributed by atoms with van der Waals surface area (Å²) in [5, 5.41) is 2.48. The number of anilines is 1. The van der Waals surface area contributed by atoms with Gasteiger partial charge in [0.2, 0.25) is 5.52 Å². The lowest BCUT2D eigenvalue weighted by Crippen LogP contribution is -2.33. The summed E-state index contributed by atoms with van der Waals surface area (Å²) < 4.78 is 14.9. The van der Waals surface area contributed by atoms with Crippen molar-refractivity contribution in [3.8, 4) is 11.5 Å². The van der Waals surface area contributed by atoms with E-state index in [4.69, 9.17) is 9.47 Å². The third-order valence-corrected chi connectivity index (χ3v) is 9.83. The Morgan fingerprint density at radius 2 is 1.72 bits per heavy atom. The molecule has 4 nitrogen and oxygen atoms in total. The van der Waals surface area contributed by atoms with Crippen LogP contribution in [0.25, 0.3) is 16.3 Å². The lowest BCUT2D eigenvalue weighted by Gasteiger charge is -2.18. The fourth-order valence-electron chi connectivity index (χ4n) is 4.22. The fraction of sp³-hybridized carbons (Fsp3) is 0.321. The van der Waals surface area contributed by atoms with E-state index >= 15 is 0 Å². The number of ether oxygens (including phenoxy) is 2. The molecule has 1 aliphatic heterocycles. The number of rotatable bonds is 9. The summed E-state index contributed by atoms with van der Waals surface area (Å²) in [5.41, 5.74) is 3.65. The maximum Gasteiger partial charge on any atom is 0.262 e. The van der Waals surface area contributed by atoms with E-state index in [0.29, 0.717) is 0 Å². The van der Waals surface area contributed by atoms with Gasteiger partial charge in [-0.15, -0.1) is 23.5 Å². The minimum atomic E-state index is 0.913. The SMILES string of the molecule is CCN1C(=CC=C(C)C=Cc2sc3cc(SC)c(OC)cc3[n+]2CC)Sc2cc(SC)c(OC)cc21. The zero-order valence-corrected chi connectivity index (χ0v) is 25.1. The average Bonchev–Trinajstić information content (AvgIpc) is 3.44. The molecule has 8 heteroatoms. The largest absolute Gasteiger partial charge is 0.496 e. The van der Waals surface area contributed by atoms with Crippen LogP contribution in [0.1, 0.15) is 25.8 Å². The molecule has 0 N–H and O–H groups in total. The van der Waals surface area contributed by atoms with Crippen molar-refractivity contribution in [2.45, 2.75) is 42.0 Å². The molecule has 0 amide bonds. The van der Waals surface area contributed by atoms with Crippen LogP contribution in [0.2, 0.25) is 0 Å². The summed E-state index contributed by atoms with van der Waals surface area (Å²) in [7, 11) is 3.48. The Morgan fingerprint density at radius 1 is 1.03 bits per heavy atom. The summed E-state index contributed by atoms with van der Waals surface area (Å²) in [6.45, 7) is 8.37. The van der Waals surface area contributed by atoms with E-state index in [1.54, 1.807) is 37.7 Å². The molecule has 3 aromatic rings. The van der Waals surface area contributed by atoms with E-state index in [0.717, 1.165) is 24.6 Å². The van der Waals surface area contributed by atoms with Gasteiger partial charge in [-0.3, -0.25) is 0 Å². The lowest BCUT2D eigenvalue weighted by molar-refractivity contribution is -0.665. The number of methoxy groups -OCH3 is 2. The molecule has 1 aliphatic rings. The number of aryl methyl sites for hydroxylation is 1. The topological polar surface area (TPSA) is 25.6 Å². The highest BCUT2D eigenvalue weighted by Crippen LogP contribution is 2.49. The monoisotopic (exact) mass is 557 g/mol. The summed E-state index contributed by atoms with van der Waals surface area (Å²) in [6, 6.07) is 8.81. The van der Waals surface area contributed by atoms with Crippen LogP contribution < -0.4 is 18.9 Å². The second-order valence-electron chi connectivity index (χ2n) is 8.13. The van der Waals surface area contributed by atoms with Gasteiger partial charge < -0.3 is 14.4 Å². The molecule has 0 saturated heterocycles. The standard InChI is InChI=1S/C28H33N2O2S4/c1-8-29-19-14-21(31-4)25(33-6)16-23(19)35-27(29)12-10-18(3)11-13-28-30(9-2)20-15-22(32-5)26(34-7)17-24(20)36-28/h10-17H,8-9H2,1-7H3/q+1. The molecule has 0 radical (unpaired) electrons. The number of allylic oxidation sites excluding steroid dienone is 4. The van der Waals surface area contributed by atoms with Gasteiger partial charge in [-0.2, -0.15) is 4.57 Å². The Labute approximate surface area is 231 Å². The average molecular weight is 558 g/mol. The molecule has 36 heavy (non-hydrogen) atoms. The van der Waals surface area contributed by atoms with E-state index in [2.05, 4.69) is 91.3 Å². The van der Waals surface area contributed by atoms with E-state index < -0.39 is 0 Å². The first-order valence-electron chi connectivity index (χ1n) is 11.8. The molecule has 1 aromatic heterocycles. The fourth-order valence-corrected chi connectivity index (χ4v) is 7.83. The Kier molecular flexibility index (Phi) is 9.04. The summed E-state index contributed by atoms with van der Waals surface area (Å²) in [5.74, 6) is 1.87. The van der Waals surface area contributed by atoms with Crippen molar-refractivity contribution in [2.75, 3.05) is 38.2 Å². The molecule has 2 aromatic carbocycles. The second kappa shape index (κ2) is 12.0. The van der Waals surface area contributed by atoms with Crippen molar-refractivity contribution in [1.82, 2.24) is 0 Å². The maximum absolute atomic E-state index is 5.62. The maximum atomic E-state index is 5.62. The summed E-state index contributed by atoms with van der Waals surface area (Å²) in [6.07, 6.45) is 13.1. The van der Waals surface area contributed by atoms with E-state index in [1.165, 1.54) is 46.2 Å². The van der Waals surface area contributed by atoms with Crippen LogP contribution in [-0.4, -0.2) is 33.3 Å². The van der Waals surface area contributed by atoms with Gasteiger partial charge in [0.05, 0.1) is 40.8 Å². The van der Waals surface area contributed by atoms with Crippen molar-refractivity contribution in [1.29, 1.82) is 0 Å². The van der Waals surface area contributed by atoms with Crippen LogP contribution in [0.5, 0.6) is 11.5 Å². The predicted molar refractivity (Wildman–Crippen MR) is 161 cm³/mol. The van der Waals surface area contributed by atoms with Crippen molar-refractivity contribution in [2.24, 2.45) is 0 Å². The minimum Gasteiger partial charge on any atom is -0.496 e. The molecule has 190 valence electrons. The number of hydrogen-bond acceptors (Lipinski definition) is 7.